The number of alkyl halides is 3. The van der Waals surface area contributed by atoms with E-state index in [2.05, 4.69) is 10.1 Å². The number of hydrogen-bond donors (Lipinski definition) is 1. The second kappa shape index (κ2) is 9.25. The molecular weight excluding hydrogens is 503 g/mol. The molecule has 0 bridgehead atoms. The fourth-order valence-corrected chi connectivity index (χ4v) is 4.54. The maximum absolute atomic E-state index is 14.8. The van der Waals surface area contributed by atoms with E-state index in [0.717, 1.165) is 15.6 Å². The SMILES string of the molecule is Nc1cc(C(=O)N2CC(c3nn(CC(=O)N4CCO[C@@H](C(F)(F)F)C4)c4cc(F)cc(F)c34)C2)ccn1. The Morgan fingerprint density at radius 3 is 2.57 bits per heavy atom. The van der Waals surface area contributed by atoms with Crippen LogP contribution in [0.3, 0.4) is 0 Å². The topological polar surface area (TPSA) is 107 Å². The summed E-state index contributed by atoms with van der Waals surface area (Å²) in [4.78, 5) is 31.9. The van der Waals surface area contributed by atoms with Crippen molar-refractivity contribution < 1.29 is 36.3 Å². The Hall–Kier alpha value is -3.81. The van der Waals surface area contributed by atoms with E-state index in [9.17, 15) is 31.5 Å². The van der Waals surface area contributed by atoms with E-state index in [1.165, 1.54) is 23.2 Å². The molecular formula is C23H21F5N6O3. The van der Waals surface area contributed by atoms with Crippen molar-refractivity contribution in [1.29, 1.82) is 0 Å². The molecule has 2 aliphatic rings. The molecule has 5 rings (SSSR count). The quantitative estimate of drug-likeness (QED) is 0.526. The number of aromatic nitrogens is 3. The summed E-state index contributed by atoms with van der Waals surface area (Å²) >= 11 is 0. The summed E-state index contributed by atoms with van der Waals surface area (Å²) in [5.41, 5.74) is 6.19. The molecule has 2 N–H and O–H groups in total. The van der Waals surface area contributed by atoms with Gasteiger partial charge < -0.3 is 20.3 Å². The third kappa shape index (κ3) is 4.80. The number of ether oxygens (including phenoxy) is 1. The van der Waals surface area contributed by atoms with Crippen molar-refractivity contribution in [3.8, 4) is 0 Å². The number of hydrogen-bond acceptors (Lipinski definition) is 6. The van der Waals surface area contributed by atoms with Crippen LogP contribution in [0.1, 0.15) is 22.0 Å². The van der Waals surface area contributed by atoms with Gasteiger partial charge in [0.2, 0.25) is 5.91 Å². The van der Waals surface area contributed by atoms with Gasteiger partial charge in [-0.2, -0.15) is 18.3 Å². The summed E-state index contributed by atoms with van der Waals surface area (Å²) in [6.45, 7) is -1.17. The van der Waals surface area contributed by atoms with Crippen LogP contribution in [0.25, 0.3) is 10.9 Å². The van der Waals surface area contributed by atoms with Crippen molar-refractivity contribution in [1.82, 2.24) is 24.6 Å². The minimum atomic E-state index is -4.63. The Balaban J connectivity index is 1.37. The first-order valence-corrected chi connectivity index (χ1v) is 11.3. The second-order valence-electron chi connectivity index (χ2n) is 8.94. The molecule has 196 valence electrons. The number of carbonyl (C=O) groups is 2. The molecule has 0 saturated carbocycles. The van der Waals surface area contributed by atoms with Crippen LogP contribution in [0.4, 0.5) is 27.8 Å². The number of rotatable bonds is 4. The highest BCUT2D eigenvalue weighted by Gasteiger charge is 2.44. The van der Waals surface area contributed by atoms with Crippen molar-refractivity contribution in [3.63, 3.8) is 0 Å². The summed E-state index contributed by atoms with van der Waals surface area (Å²) in [5, 5.41) is 4.33. The number of carbonyl (C=O) groups excluding carboxylic acids is 2. The van der Waals surface area contributed by atoms with Crippen molar-refractivity contribution in [3.05, 3.63) is 53.4 Å². The van der Waals surface area contributed by atoms with Gasteiger partial charge in [-0.05, 0) is 12.1 Å². The molecule has 2 aromatic heterocycles. The highest BCUT2D eigenvalue weighted by Crippen LogP contribution is 2.35. The second-order valence-corrected chi connectivity index (χ2v) is 8.94. The summed E-state index contributed by atoms with van der Waals surface area (Å²) in [5.74, 6) is -3.00. The summed E-state index contributed by atoms with van der Waals surface area (Å²) in [7, 11) is 0. The van der Waals surface area contributed by atoms with Crippen LogP contribution in [0.5, 0.6) is 0 Å². The molecule has 3 aromatic rings. The zero-order chi connectivity index (χ0) is 26.5. The van der Waals surface area contributed by atoms with E-state index in [4.69, 9.17) is 10.5 Å². The number of likely N-dealkylation sites (tertiary alicyclic amines) is 1. The number of anilines is 1. The average Bonchev–Trinajstić information content (AvgIpc) is 3.15. The average molecular weight is 524 g/mol. The lowest BCUT2D eigenvalue weighted by molar-refractivity contribution is -0.236. The van der Waals surface area contributed by atoms with Crippen LogP contribution in [-0.4, -0.2) is 81.4 Å². The summed E-state index contributed by atoms with van der Waals surface area (Å²) in [6, 6.07) is 4.65. The maximum atomic E-state index is 14.8. The Morgan fingerprint density at radius 2 is 1.86 bits per heavy atom. The predicted molar refractivity (Wildman–Crippen MR) is 119 cm³/mol. The lowest BCUT2D eigenvalue weighted by Crippen LogP contribution is -2.51. The first-order chi connectivity index (χ1) is 17.5. The number of morpholine rings is 1. The summed E-state index contributed by atoms with van der Waals surface area (Å²) < 4.78 is 73.9. The Kier molecular flexibility index (Phi) is 6.22. The molecule has 2 aliphatic heterocycles. The van der Waals surface area contributed by atoms with Gasteiger partial charge in [-0.25, -0.2) is 13.8 Å². The smallest absolute Gasteiger partial charge is 0.384 e. The Morgan fingerprint density at radius 1 is 1.11 bits per heavy atom. The zero-order valence-corrected chi connectivity index (χ0v) is 19.2. The van der Waals surface area contributed by atoms with Crippen molar-refractivity contribution in [2.24, 2.45) is 0 Å². The van der Waals surface area contributed by atoms with E-state index < -0.39 is 48.8 Å². The fourth-order valence-electron chi connectivity index (χ4n) is 4.54. The molecule has 14 heteroatoms. The maximum Gasteiger partial charge on any atom is 0.416 e. The fraction of sp³-hybridized carbons (Fsp3) is 0.391. The largest absolute Gasteiger partial charge is 0.416 e. The highest BCUT2D eigenvalue weighted by molar-refractivity contribution is 5.95. The van der Waals surface area contributed by atoms with Crippen molar-refractivity contribution in [2.75, 3.05) is 38.5 Å². The van der Waals surface area contributed by atoms with Crippen LogP contribution in [0, 0.1) is 11.6 Å². The normalized spacial score (nSPS) is 18.8. The molecule has 0 aliphatic carbocycles. The number of fused-ring (bicyclic) bond motifs is 1. The molecule has 2 amide bonds. The minimum absolute atomic E-state index is 0.00500. The standard InChI is InChI=1S/C23H21F5N6O3/c24-14-6-15(25)20-16(7-14)34(11-19(35)32-3-4-37-17(10-32)23(26,27)28)31-21(20)13-8-33(9-13)22(36)12-1-2-30-18(29)5-12/h1-2,5-7,13,17H,3-4,8-11H2,(H2,29,30)/t17-/m1/s1. The lowest BCUT2D eigenvalue weighted by Gasteiger charge is -2.38. The summed E-state index contributed by atoms with van der Waals surface area (Å²) in [6.07, 6.45) is -5.34. The number of nitrogen functional groups attached to an aromatic ring is 1. The molecule has 4 heterocycles. The number of amides is 2. The Labute approximate surface area is 206 Å². The van der Waals surface area contributed by atoms with Gasteiger partial charge in [-0.1, -0.05) is 0 Å². The third-order valence-corrected chi connectivity index (χ3v) is 6.45. The van der Waals surface area contributed by atoms with Crippen LogP contribution in [0.15, 0.2) is 30.5 Å². The van der Waals surface area contributed by atoms with Gasteiger partial charge in [-0.15, -0.1) is 0 Å². The molecule has 0 unspecified atom stereocenters. The van der Waals surface area contributed by atoms with E-state index >= 15 is 0 Å². The predicted octanol–water partition coefficient (Wildman–Crippen LogP) is 2.32. The first-order valence-electron chi connectivity index (χ1n) is 11.3. The van der Waals surface area contributed by atoms with Gasteiger partial charge in [0, 0.05) is 49.4 Å². The monoisotopic (exact) mass is 524 g/mol. The van der Waals surface area contributed by atoms with E-state index in [-0.39, 0.29) is 54.6 Å². The minimum Gasteiger partial charge on any atom is -0.384 e. The number of halogens is 5. The molecule has 0 spiro atoms. The third-order valence-electron chi connectivity index (χ3n) is 6.45. The molecule has 1 aromatic carbocycles. The van der Waals surface area contributed by atoms with Crippen LogP contribution >= 0.6 is 0 Å². The molecule has 9 nitrogen and oxygen atoms in total. The van der Waals surface area contributed by atoms with Crippen LogP contribution < -0.4 is 5.73 Å². The number of benzene rings is 1. The van der Waals surface area contributed by atoms with Crippen LogP contribution in [-0.2, 0) is 16.1 Å². The number of pyridine rings is 1. The lowest BCUT2D eigenvalue weighted by atomic mass is 9.93. The molecule has 2 saturated heterocycles. The molecule has 37 heavy (non-hydrogen) atoms. The van der Waals surface area contributed by atoms with Gasteiger partial charge in [0.05, 0.1) is 29.7 Å². The highest BCUT2D eigenvalue weighted by atomic mass is 19.4. The van der Waals surface area contributed by atoms with E-state index in [1.54, 1.807) is 0 Å². The van der Waals surface area contributed by atoms with Gasteiger partial charge in [0.1, 0.15) is 24.0 Å². The van der Waals surface area contributed by atoms with Crippen LogP contribution in [0.2, 0.25) is 0 Å². The zero-order valence-electron chi connectivity index (χ0n) is 19.2. The number of nitrogens with zero attached hydrogens (tertiary/aromatic N) is 5. The van der Waals surface area contributed by atoms with Crippen molar-refractivity contribution in [2.45, 2.75) is 24.7 Å². The Bertz CT molecular complexity index is 1370. The first kappa shape index (κ1) is 24.9. The van der Waals surface area contributed by atoms with E-state index in [0.29, 0.717) is 11.6 Å². The van der Waals surface area contributed by atoms with Gasteiger partial charge in [-0.3, -0.25) is 14.3 Å². The number of nitrogens with two attached hydrogens (primary N) is 1. The van der Waals surface area contributed by atoms with Crippen molar-refractivity contribution >= 4 is 28.5 Å². The van der Waals surface area contributed by atoms with Gasteiger partial charge in [0.25, 0.3) is 5.91 Å². The molecule has 2 fully saturated rings. The molecule has 1 atom stereocenters. The molecule has 0 radical (unpaired) electrons. The van der Waals surface area contributed by atoms with Gasteiger partial charge >= 0.3 is 6.18 Å². The van der Waals surface area contributed by atoms with E-state index in [1.807, 2.05) is 0 Å². The van der Waals surface area contributed by atoms with Gasteiger partial charge in [0.15, 0.2) is 6.10 Å².